The van der Waals surface area contributed by atoms with Crippen LogP contribution < -0.4 is 5.32 Å². The van der Waals surface area contributed by atoms with Gasteiger partial charge >= 0.3 is 12.1 Å². The zero-order chi connectivity index (χ0) is 24.9. The summed E-state index contributed by atoms with van der Waals surface area (Å²) in [5.41, 5.74) is 1.66. The predicted octanol–water partition coefficient (Wildman–Crippen LogP) is 4.69. The Morgan fingerprint density at radius 1 is 1.24 bits per heavy atom. The van der Waals surface area contributed by atoms with Crippen molar-refractivity contribution in [2.45, 2.75) is 71.9 Å². The SMILES string of the molecule is CC(C)CN(C(=O)CCNC(=O)OC(C)(C)C)C(=O)N1CCC[C@H]1Cc1c[nH]c2ccccc12. The van der Waals surface area contributed by atoms with Crippen LogP contribution >= 0.6 is 0 Å². The van der Waals surface area contributed by atoms with Crippen LogP contribution in [0.3, 0.4) is 0 Å². The molecule has 0 spiro atoms. The van der Waals surface area contributed by atoms with Gasteiger partial charge in [-0.2, -0.15) is 0 Å². The van der Waals surface area contributed by atoms with Crippen molar-refractivity contribution in [1.29, 1.82) is 0 Å². The minimum Gasteiger partial charge on any atom is -0.444 e. The van der Waals surface area contributed by atoms with Gasteiger partial charge in [-0.3, -0.25) is 9.69 Å². The molecule has 2 N–H and O–H groups in total. The number of carbonyl (C=O) groups excluding carboxylic acids is 3. The average Bonchev–Trinajstić information content (AvgIpc) is 3.37. The Morgan fingerprint density at radius 2 is 1.97 bits per heavy atom. The summed E-state index contributed by atoms with van der Waals surface area (Å²) in [6.07, 6.45) is 4.07. The zero-order valence-electron chi connectivity index (χ0n) is 21.0. The van der Waals surface area contributed by atoms with E-state index in [4.69, 9.17) is 4.74 Å². The number of amides is 4. The molecule has 1 saturated heterocycles. The third-order valence-electron chi connectivity index (χ3n) is 5.84. The van der Waals surface area contributed by atoms with Crippen molar-refractivity contribution in [3.8, 4) is 0 Å². The lowest BCUT2D eigenvalue weighted by atomic mass is 10.0. The molecule has 3 rings (SSSR count). The molecule has 0 aliphatic carbocycles. The van der Waals surface area contributed by atoms with Crippen LogP contribution in [0.4, 0.5) is 9.59 Å². The van der Waals surface area contributed by atoms with E-state index in [1.165, 1.54) is 15.8 Å². The number of nitrogens with zero attached hydrogens (tertiary/aromatic N) is 2. The molecule has 34 heavy (non-hydrogen) atoms. The number of likely N-dealkylation sites (tertiary alicyclic amines) is 1. The molecule has 1 atom stereocenters. The van der Waals surface area contributed by atoms with Crippen LogP contribution in [0.2, 0.25) is 0 Å². The monoisotopic (exact) mass is 470 g/mol. The molecule has 2 heterocycles. The van der Waals surface area contributed by atoms with Crippen LogP contribution in [0.15, 0.2) is 30.5 Å². The number of carbonyl (C=O) groups is 3. The maximum absolute atomic E-state index is 13.5. The number of H-pyrrole nitrogens is 1. The number of ether oxygens (including phenoxy) is 1. The summed E-state index contributed by atoms with van der Waals surface area (Å²) in [6.45, 7) is 10.4. The molecule has 1 aromatic carbocycles. The van der Waals surface area contributed by atoms with Crippen LogP contribution in [0, 0.1) is 5.92 Å². The molecule has 4 amide bonds. The van der Waals surface area contributed by atoms with Crippen LogP contribution in [0.1, 0.15) is 59.4 Å². The largest absolute Gasteiger partial charge is 0.444 e. The minimum atomic E-state index is -0.608. The first-order valence-electron chi connectivity index (χ1n) is 12.2. The third-order valence-corrected chi connectivity index (χ3v) is 5.84. The van der Waals surface area contributed by atoms with Gasteiger partial charge in [-0.25, -0.2) is 9.59 Å². The number of rotatable bonds is 7. The Bertz CT molecular complexity index is 1010. The molecule has 8 nitrogen and oxygen atoms in total. The fourth-order valence-electron chi connectivity index (χ4n) is 4.38. The topological polar surface area (TPSA) is 94.7 Å². The van der Waals surface area contributed by atoms with E-state index >= 15 is 0 Å². The van der Waals surface area contributed by atoms with Crippen molar-refractivity contribution in [3.63, 3.8) is 0 Å². The van der Waals surface area contributed by atoms with Crippen LogP contribution in [-0.2, 0) is 16.0 Å². The van der Waals surface area contributed by atoms with Gasteiger partial charge in [-0.15, -0.1) is 0 Å². The van der Waals surface area contributed by atoms with Gasteiger partial charge in [-0.05, 0) is 57.6 Å². The first-order chi connectivity index (χ1) is 16.0. The second-order valence-electron chi connectivity index (χ2n) is 10.4. The fourth-order valence-corrected chi connectivity index (χ4v) is 4.38. The third kappa shape index (κ3) is 6.74. The number of aromatic nitrogens is 1. The molecule has 8 heteroatoms. The first kappa shape index (κ1) is 25.6. The Morgan fingerprint density at radius 3 is 2.68 bits per heavy atom. The molecule has 1 aliphatic rings. The molecule has 1 aromatic heterocycles. The number of alkyl carbamates (subject to hydrolysis) is 1. The molecule has 0 bridgehead atoms. The van der Waals surface area contributed by atoms with E-state index in [9.17, 15) is 14.4 Å². The number of nitrogens with one attached hydrogen (secondary N) is 2. The van der Waals surface area contributed by atoms with Gasteiger partial charge in [-0.1, -0.05) is 32.0 Å². The van der Waals surface area contributed by atoms with Crippen molar-refractivity contribution in [2.75, 3.05) is 19.6 Å². The molecule has 0 saturated carbocycles. The highest BCUT2D eigenvalue weighted by Crippen LogP contribution is 2.27. The molecule has 0 unspecified atom stereocenters. The maximum Gasteiger partial charge on any atom is 0.407 e. The molecular formula is C26H38N4O4. The minimum absolute atomic E-state index is 0.0403. The molecule has 1 aliphatic heterocycles. The Balaban J connectivity index is 1.64. The van der Waals surface area contributed by atoms with Gasteiger partial charge in [0.2, 0.25) is 5.91 Å². The van der Waals surface area contributed by atoms with E-state index in [1.54, 1.807) is 20.8 Å². The molecule has 186 valence electrons. The van der Waals surface area contributed by atoms with E-state index in [0.717, 1.165) is 24.8 Å². The molecule has 1 fully saturated rings. The highest BCUT2D eigenvalue weighted by atomic mass is 16.6. The summed E-state index contributed by atoms with van der Waals surface area (Å²) in [4.78, 5) is 44.9. The smallest absolute Gasteiger partial charge is 0.407 e. The normalized spacial score (nSPS) is 16.2. The summed E-state index contributed by atoms with van der Waals surface area (Å²) >= 11 is 0. The van der Waals surface area contributed by atoms with Crippen molar-refractivity contribution in [2.24, 2.45) is 5.92 Å². The Kier molecular flexibility index (Phi) is 8.23. The molecule has 0 radical (unpaired) electrons. The number of urea groups is 1. The number of imide groups is 1. The summed E-state index contributed by atoms with van der Waals surface area (Å²) in [6, 6.07) is 7.97. The fraction of sp³-hybridized carbons (Fsp3) is 0.577. The second kappa shape index (κ2) is 10.9. The quantitative estimate of drug-likeness (QED) is 0.614. The summed E-state index contributed by atoms with van der Waals surface area (Å²) in [5.74, 6) is -0.145. The lowest BCUT2D eigenvalue weighted by Gasteiger charge is -2.32. The lowest BCUT2D eigenvalue weighted by Crippen LogP contribution is -2.50. The summed E-state index contributed by atoms with van der Waals surface area (Å²) in [7, 11) is 0. The maximum atomic E-state index is 13.5. The second-order valence-corrected chi connectivity index (χ2v) is 10.4. The van der Waals surface area contributed by atoms with Gasteiger partial charge in [0, 0.05) is 49.2 Å². The standard InChI is InChI=1S/C26H38N4O4/c1-18(2)17-30(23(31)12-13-27-24(32)34-26(3,4)5)25(33)29-14-8-9-20(29)15-19-16-28-22-11-7-6-10-21(19)22/h6-7,10-11,16,18,20,28H,8-9,12-15,17H2,1-5H3,(H,27,32)/t20-/m0/s1. The lowest BCUT2D eigenvalue weighted by molar-refractivity contribution is -0.129. The predicted molar refractivity (Wildman–Crippen MR) is 133 cm³/mol. The van der Waals surface area contributed by atoms with Crippen molar-refractivity contribution >= 4 is 28.9 Å². The van der Waals surface area contributed by atoms with Crippen LogP contribution in [0.25, 0.3) is 10.9 Å². The Labute approximate surface area is 202 Å². The summed E-state index contributed by atoms with van der Waals surface area (Å²) in [5, 5.41) is 3.78. The zero-order valence-corrected chi connectivity index (χ0v) is 21.0. The highest BCUT2D eigenvalue weighted by Gasteiger charge is 2.34. The van der Waals surface area contributed by atoms with Gasteiger partial charge in [0.25, 0.3) is 0 Å². The van der Waals surface area contributed by atoms with E-state index in [1.807, 2.05) is 43.1 Å². The first-order valence-corrected chi connectivity index (χ1v) is 12.2. The van der Waals surface area contributed by atoms with Gasteiger partial charge in [0.05, 0.1) is 0 Å². The van der Waals surface area contributed by atoms with E-state index in [2.05, 4.69) is 16.4 Å². The van der Waals surface area contributed by atoms with Gasteiger partial charge in [0.15, 0.2) is 0 Å². The van der Waals surface area contributed by atoms with Crippen LogP contribution in [-0.4, -0.2) is 64.1 Å². The number of hydrogen-bond acceptors (Lipinski definition) is 4. The molecular weight excluding hydrogens is 432 g/mol. The number of aromatic amines is 1. The Hall–Kier alpha value is -3.03. The van der Waals surface area contributed by atoms with Crippen LogP contribution in [0.5, 0.6) is 0 Å². The van der Waals surface area contributed by atoms with Gasteiger partial charge in [0.1, 0.15) is 5.60 Å². The van der Waals surface area contributed by atoms with E-state index in [-0.39, 0.29) is 36.9 Å². The van der Waals surface area contributed by atoms with Crippen molar-refractivity contribution in [1.82, 2.24) is 20.1 Å². The average molecular weight is 471 g/mol. The number of benzene rings is 1. The van der Waals surface area contributed by atoms with Gasteiger partial charge < -0.3 is 19.9 Å². The number of hydrogen-bond donors (Lipinski definition) is 2. The van der Waals surface area contributed by atoms with Crippen molar-refractivity contribution in [3.05, 3.63) is 36.0 Å². The molecule has 2 aromatic rings. The summed E-state index contributed by atoms with van der Waals surface area (Å²) < 4.78 is 5.22. The number of fused-ring (bicyclic) bond motifs is 1. The highest BCUT2D eigenvalue weighted by molar-refractivity contribution is 5.95. The van der Waals surface area contributed by atoms with E-state index < -0.39 is 11.7 Å². The number of para-hydroxylation sites is 1. The van der Waals surface area contributed by atoms with E-state index in [0.29, 0.717) is 13.1 Å². The van der Waals surface area contributed by atoms with Crippen molar-refractivity contribution < 1.29 is 19.1 Å².